The summed E-state index contributed by atoms with van der Waals surface area (Å²) in [5.41, 5.74) is 5.85. The fraction of sp³-hybridized carbons (Fsp3) is 0.421. The SMILES string of the molecule is N[C@@H]1C=CC[C@@H]2CN(c3ncc4c(=O)c(OC(=O)O)cn(CCF)c4c3Cl)C[C@@H]21. The summed E-state index contributed by atoms with van der Waals surface area (Å²) < 4.78 is 19.1. The van der Waals surface area contributed by atoms with Crippen LogP contribution >= 0.6 is 11.6 Å². The minimum absolute atomic E-state index is 0.0292. The van der Waals surface area contributed by atoms with E-state index in [1.807, 2.05) is 11.0 Å². The zero-order chi connectivity index (χ0) is 20.7. The molecule has 1 saturated heterocycles. The van der Waals surface area contributed by atoms with Gasteiger partial charge in [-0.15, -0.1) is 0 Å². The number of rotatable bonds is 4. The first kappa shape index (κ1) is 19.7. The van der Waals surface area contributed by atoms with Gasteiger partial charge in [-0.1, -0.05) is 23.8 Å². The van der Waals surface area contributed by atoms with Crippen molar-refractivity contribution in [3.8, 4) is 5.75 Å². The molecule has 3 N–H and O–H groups in total. The number of carboxylic acid groups (broad SMARTS) is 1. The zero-order valence-electron chi connectivity index (χ0n) is 15.4. The van der Waals surface area contributed by atoms with Gasteiger partial charge in [0, 0.05) is 25.3 Å². The molecule has 0 radical (unpaired) electrons. The van der Waals surface area contributed by atoms with Gasteiger partial charge in [0.25, 0.3) is 0 Å². The summed E-state index contributed by atoms with van der Waals surface area (Å²) in [6, 6.07) is -0.0292. The first-order chi connectivity index (χ1) is 13.9. The maximum Gasteiger partial charge on any atom is 0.511 e. The van der Waals surface area contributed by atoms with Crippen molar-refractivity contribution in [1.82, 2.24) is 9.55 Å². The van der Waals surface area contributed by atoms with E-state index in [0.29, 0.717) is 23.8 Å². The van der Waals surface area contributed by atoms with Gasteiger partial charge in [-0.3, -0.25) is 4.79 Å². The number of aromatic nitrogens is 2. The van der Waals surface area contributed by atoms with Crippen molar-refractivity contribution in [3.63, 3.8) is 0 Å². The summed E-state index contributed by atoms with van der Waals surface area (Å²) in [7, 11) is 0. The molecule has 8 nitrogen and oxygen atoms in total. The van der Waals surface area contributed by atoms with Gasteiger partial charge in [-0.2, -0.15) is 0 Å². The monoisotopic (exact) mass is 422 g/mol. The molecule has 1 fully saturated rings. The highest BCUT2D eigenvalue weighted by atomic mass is 35.5. The Morgan fingerprint density at radius 1 is 1.45 bits per heavy atom. The van der Waals surface area contributed by atoms with Gasteiger partial charge in [0.1, 0.15) is 17.5 Å². The molecule has 1 aliphatic heterocycles. The van der Waals surface area contributed by atoms with E-state index in [2.05, 4.69) is 15.8 Å². The van der Waals surface area contributed by atoms with Crippen molar-refractivity contribution in [1.29, 1.82) is 0 Å². The van der Waals surface area contributed by atoms with Crippen LogP contribution in [-0.4, -0.2) is 46.6 Å². The molecule has 2 aromatic rings. The summed E-state index contributed by atoms with van der Waals surface area (Å²) in [6.45, 7) is 0.569. The Bertz CT molecular complexity index is 1060. The number of nitrogens with zero attached hydrogens (tertiary/aromatic N) is 3. The van der Waals surface area contributed by atoms with Crippen LogP contribution in [0.1, 0.15) is 6.42 Å². The fourth-order valence-electron chi connectivity index (χ4n) is 4.27. The highest BCUT2D eigenvalue weighted by Crippen LogP contribution is 2.38. The number of hydrogen-bond acceptors (Lipinski definition) is 6. The van der Waals surface area contributed by atoms with Gasteiger partial charge >= 0.3 is 6.16 Å². The number of anilines is 1. The van der Waals surface area contributed by atoms with Crippen molar-refractivity contribution in [3.05, 3.63) is 39.8 Å². The van der Waals surface area contributed by atoms with E-state index < -0.39 is 24.0 Å². The molecule has 0 bridgehead atoms. The number of nitrogens with two attached hydrogens (primary N) is 1. The Morgan fingerprint density at radius 2 is 2.24 bits per heavy atom. The van der Waals surface area contributed by atoms with E-state index in [-0.39, 0.29) is 28.9 Å². The smallest absolute Gasteiger partial charge is 0.449 e. The summed E-state index contributed by atoms with van der Waals surface area (Å²) in [4.78, 5) is 29.9. The Kier molecular flexibility index (Phi) is 5.18. The molecule has 0 amide bonds. The highest BCUT2D eigenvalue weighted by Gasteiger charge is 2.38. The Balaban J connectivity index is 1.80. The minimum atomic E-state index is -1.63. The molecule has 154 valence electrons. The second-order valence-corrected chi connectivity index (χ2v) is 7.68. The number of ether oxygens (including phenoxy) is 1. The number of hydrogen-bond donors (Lipinski definition) is 2. The Hall–Kier alpha value is -2.65. The molecule has 0 saturated carbocycles. The van der Waals surface area contributed by atoms with Crippen LogP contribution in [0, 0.1) is 11.8 Å². The molecular weight excluding hydrogens is 403 g/mol. The van der Waals surface area contributed by atoms with Crippen LogP contribution in [0.5, 0.6) is 5.75 Å². The van der Waals surface area contributed by atoms with Gasteiger partial charge in [-0.05, 0) is 18.3 Å². The molecule has 3 atom stereocenters. The van der Waals surface area contributed by atoms with Gasteiger partial charge in [0.2, 0.25) is 5.43 Å². The maximum absolute atomic E-state index is 13.1. The lowest BCUT2D eigenvalue weighted by Crippen LogP contribution is -2.35. The Morgan fingerprint density at radius 3 is 2.93 bits per heavy atom. The van der Waals surface area contributed by atoms with E-state index >= 15 is 0 Å². The molecule has 0 unspecified atom stereocenters. The fourth-order valence-corrected chi connectivity index (χ4v) is 4.65. The number of allylic oxidation sites excluding steroid dienone is 1. The van der Waals surface area contributed by atoms with Crippen LogP contribution < -0.4 is 20.8 Å². The summed E-state index contributed by atoms with van der Waals surface area (Å²) >= 11 is 6.64. The zero-order valence-corrected chi connectivity index (χ0v) is 16.2. The molecule has 3 heterocycles. The van der Waals surface area contributed by atoms with E-state index in [4.69, 9.17) is 22.4 Å². The first-order valence-corrected chi connectivity index (χ1v) is 9.64. The van der Waals surface area contributed by atoms with Crippen molar-refractivity contribution in [2.24, 2.45) is 17.6 Å². The third-order valence-corrected chi connectivity index (χ3v) is 5.96. The summed E-state index contributed by atoms with van der Waals surface area (Å²) in [6.07, 6.45) is 5.91. The first-order valence-electron chi connectivity index (χ1n) is 9.26. The van der Waals surface area contributed by atoms with Crippen molar-refractivity contribution in [2.45, 2.75) is 19.0 Å². The predicted molar refractivity (Wildman–Crippen MR) is 107 cm³/mol. The Labute approximate surface area is 170 Å². The van der Waals surface area contributed by atoms with Crippen molar-refractivity contribution >= 4 is 34.5 Å². The lowest BCUT2D eigenvalue weighted by molar-refractivity contribution is 0.143. The van der Waals surface area contributed by atoms with Crippen LogP contribution in [0.4, 0.5) is 15.0 Å². The van der Waals surface area contributed by atoms with Gasteiger partial charge < -0.3 is 25.0 Å². The third kappa shape index (κ3) is 3.44. The molecule has 4 rings (SSSR count). The van der Waals surface area contributed by atoms with Crippen LogP contribution in [0.3, 0.4) is 0 Å². The average molecular weight is 423 g/mol. The van der Waals surface area contributed by atoms with Crippen LogP contribution in [0.2, 0.25) is 5.02 Å². The largest absolute Gasteiger partial charge is 0.511 e. The lowest BCUT2D eigenvalue weighted by atomic mass is 9.83. The number of halogens is 2. The molecule has 2 aliphatic rings. The second kappa shape index (κ2) is 7.64. The van der Waals surface area contributed by atoms with Crippen LogP contribution in [0.15, 0.2) is 29.3 Å². The van der Waals surface area contributed by atoms with Gasteiger partial charge in [-0.25, -0.2) is 14.2 Å². The normalized spacial score (nSPS) is 23.4. The number of fused-ring (bicyclic) bond motifs is 2. The number of pyridine rings is 2. The predicted octanol–water partition coefficient (Wildman–Crippen LogP) is 2.42. The molecular formula is C19H20ClFN4O4. The van der Waals surface area contributed by atoms with E-state index in [9.17, 15) is 14.0 Å². The number of alkyl halides is 1. The summed E-state index contributed by atoms with van der Waals surface area (Å²) in [5, 5.41) is 9.13. The number of carbonyl (C=O) groups is 1. The van der Waals surface area contributed by atoms with Crippen LogP contribution in [-0.2, 0) is 6.54 Å². The quantitative estimate of drug-likeness (QED) is 0.575. The molecule has 0 spiro atoms. The highest BCUT2D eigenvalue weighted by molar-refractivity contribution is 6.37. The number of aryl methyl sites for hydroxylation is 1. The maximum atomic E-state index is 13.1. The van der Waals surface area contributed by atoms with Crippen molar-refractivity contribution < 1.29 is 19.0 Å². The second-order valence-electron chi connectivity index (χ2n) is 7.30. The topological polar surface area (TPSA) is 111 Å². The van der Waals surface area contributed by atoms with Crippen LogP contribution in [0.25, 0.3) is 10.9 Å². The van der Waals surface area contributed by atoms with E-state index in [1.165, 1.54) is 10.8 Å². The molecule has 1 aliphatic carbocycles. The van der Waals surface area contributed by atoms with E-state index in [1.54, 1.807) is 0 Å². The molecule has 29 heavy (non-hydrogen) atoms. The molecule has 10 heteroatoms. The molecule has 2 aromatic heterocycles. The summed E-state index contributed by atoms with van der Waals surface area (Å²) in [5.74, 6) is 0.754. The van der Waals surface area contributed by atoms with Crippen molar-refractivity contribution in [2.75, 3.05) is 24.7 Å². The molecule has 0 aromatic carbocycles. The van der Waals surface area contributed by atoms with Gasteiger partial charge in [0.15, 0.2) is 5.75 Å². The minimum Gasteiger partial charge on any atom is -0.449 e. The third-order valence-electron chi connectivity index (χ3n) is 5.61. The average Bonchev–Trinajstić information content (AvgIpc) is 3.10. The van der Waals surface area contributed by atoms with Gasteiger partial charge in [0.05, 0.1) is 23.6 Å². The van der Waals surface area contributed by atoms with E-state index in [0.717, 1.165) is 19.2 Å². The lowest BCUT2D eigenvalue weighted by Gasteiger charge is -2.25. The standard InChI is InChI=1S/C19H20ClFN4O4/c20-15-16-11(17(26)14(29-19(27)28)9-24(16)5-4-21)6-23-18(15)25-7-10-2-1-3-13(22)12(10)8-25/h1,3,6,9-10,12-13H,2,4-5,7-8,22H2,(H,27,28)/t10-,12+,13-/m1/s1.